The zero-order valence-electron chi connectivity index (χ0n) is 14.7. The van der Waals surface area contributed by atoms with E-state index >= 15 is 0 Å². The molecule has 1 aliphatic rings. The number of hydrogen-bond donors (Lipinski definition) is 1. The van der Waals surface area contributed by atoms with Crippen LogP contribution >= 0.6 is 0 Å². The summed E-state index contributed by atoms with van der Waals surface area (Å²) < 4.78 is 16.1. The van der Waals surface area contributed by atoms with Gasteiger partial charge in [0.2, 0.25) is 5.75 Å². The first kappa shape index (κ1) is 16.9. The van der Waals surface area contributed by atoms with Gasteiger partial charge in [-0.2, -0.15) is 0 Å². The molecule has 0 saturated heterocycles. The first-order valence-electron chi connectivity index (χ1n) is 7.89. The van der Waals surface area contributed by atoms with Crippen molar-refractivity contribution in [1.82, 2.24) is 0 Å². The first-order chi connectivity index (χ1) is 12.0. The zero-order chi connectivity index (χ0) is 18.1. The molecule has 1 aliphatic heterocycles. The maximum Gasteiger partial charge on any atom is 0.200 e. The molecule has 0 atom stereocenters. The molecule has 2 aromatic rings. The Morgan fingerprint density at radius 3 is 2.28 bits per heavy atom. The van der Waals surface area contributed by atoms with E-state index in [1.165, 1.54) is 14.2 Å². The molecule has 0 bridgehead atoms. The van der Waals surface area contributed by atoms with Crippen molar-refractivity contribution in [1.29, 1.82) is 0 Å². The van der Waals surface area contributed by atoms with Gasteiger partial charge >= 0.3 is 0 Å². The Hall–Kier alpha value is -2.95. The highest BCUT2D eigenvalue weighted by Crippen LogP contribution is 2.38. The van der Waals surface area contributed by atoms with Gasteiger partial charge in [0, 0.05) is 5.57 Å². The van der Waals surface area contributed by atoms with E-state index in [-0.39, 0.29) is 29.6 Å². The number of phenolic OH excluding ortho intramolecular Hbond substituents is 1. The number of aromatic hydroxyl groups is 1. The number of fused-ring (bicyclic) bond motifs is 1. The molecular weight excluding hydrogens is 320 g/mol. The van der Waals surface area contributed by atoms with Gasteiger partial charge in [-0.15, -0.1) is 0 Å². The Morgan fingerprint density at radius 2 is 1.68 bits per heavy atom. The predicted molar refractivity (Wildman–Crippen MR) is 94.9 cm³/mol. The zero-order valence-corrected chi connectivity index (χ0v) is 14.7. The maximum absolute atomic E-state index is 12.9. The molecule has 0 unspecified atom stereocenters. The lowest BCUT2D eigenvalue weighted by Gasteiger charge is -2.22. The summed E-state index contributed by atoms with van der Waals surface area (Å²) in [5.74, 6) is 1.09. The molecule has 5 nitrogen and oxygen atoms in total. The Bertz CT molecular complexity index is 855. The summed E-state index contributed by atoms with van der Waals surface area (Å²) in [7, 11) is 2.92. The Kier molecular flexibility index (Phi) is 4.40. The van der Waals surface area contributed by atoms with E-state index in [0.717, 1.165) is 11.1 Å². The van der Waals surface area contributed by atoms with E-state index in [9.17, 15) is 9.90 Å². The molecule has 0 aromatic heterocycles. The van der Waals surface area contributed by atoms with Crippen LogP contribution in [0.4, 0.5) is 0 Å². The second kappa shape index (κ2) is 6.51. The fourth-order valence-electron chi connectivity index (χ4n) is 2.93. The fraction of sp³-hybridized carbons (Fsp3) is 0.250. The monoisotopic (exact) mass is 340 g/mol. The summed E-state index contributed by atoms with van der Waals surface area (Å²) in [5.41, 5.74) is 3.66. The molecule has 1 heterocycles. The van der Waals surface area contributed by atoms with Crippen molar-refractivity contribution < 1.29 is 24.1 Å². The Labute approximate surface area is 146 Å². The Morgan fingerprint density at radius 1 is 1.08 bits per heavy atom. The highest BCUT2D eigenvalue weighted by molar-refractivity contribution is 6.15. The van der Waals surface area contributed by atoms with Crippen LogP contribution in [0.15, 0.2) is 29.8 Å². The van der Waals surface area contributed by atoms with Gasteiger partial charge in [-0.3, -0.25) is 4.79 Å². The maximum atomic E-state index is 12.9. The molecule has 5 heteroatoms. The summed E-state index contributed by atoms with van der Waals surface area (Å²) in [4.78, 5) is 12.9. The minimum absolute atomic E-state index is 0.0477. The quantitative estimate of drug-likeness (QED) is 0.864. The summed E-state index contributed by atoms with van der Waals surface area (Å²) in [6.45, 7) is 4.02. The van der Waals surface area contributed by atoms with Gasteiger partial charge in [-0.05, 0) is 48.7 Å². The first-order valence-corrected chi connectivity index (χ1v) is 7.89. The average molecular weight is 340 g/mol. The molecule has 1 N–H and O–H groups in total. The van der Waals surface area contributed by atoms with Crippen LogP contribution in [0.1, 0.15) is 27.0 Å². The van der Waals surface area contributed by atoms with E-state index in [1.54, 1.807) is 18.2 Å². The minimum atomic E-state index is -0.0739. The molecule has 25 heavy (non-hydrogen) atoms. The van der Waals surface area contributed by atoms with Crippen molar-refractivity contribution in [3.8, 4) is 23.0 Å². The van der Waals surface area contributed by atoms with E-state index in [0.29, 0.717) is 22.4 Å². The second-order valence-corrected chi connectivity index (χ2v) is 5.96. The third kappa shape index (κ3) is 2.93. The molecule has 130 valence electrons. The van der Waals surface area contributed by atoms with Crippen molar-refractivity contribution in [3.63, 3.8) is 0 Å². The van der Waals surface area contributed by atoms with Crippen LogP contribution < -0.4 is 14.2 Å². The lowest BCUT2D eigenvalue weighted by Crippen LogP contribution is -2.21. The van der Waals surface area contributed by atoms with E-state index < -0.39 is 0 Å². The molecule has 0 spiro atoms. The molecule has 0 amide bonds. The van der Waals surface area contributed by atoms with Crippen LogP contribution in [-0.4, -0.2) is 31.7 Å². The summed E-state index contributed by atoms with van der Waals surface area (Å²) >= 11 is 0. The smallest absolute Gasteiger partial charge is 0.200 e. The van der Waals surface area contributed by atoms with Crippen molar-refractivity contribution in [2.75, 3.05) is 20.8 Å². The van der Waals surface area contributed by atoms with Gasteiger partial charge in [0.25, 0.3) is 0 Å². The SMILES string of the molecule is COc1cc(/C=C2\COc3c(C)ccc(C)c3C2=O)cc(OC)c1O. The number of ether oxygens (including phenoxy) is 3. The van der Waals surface area contributed by atoms with E-state index in [4.69, 9.17) is 14.2 Å². The van der Waals surface area contributed by atoms with Gasteiger partial charge in [0.05, 0.1) is 19.8 Å². The third-order valence-electron chi connectivity index (χ3n) is 4.30. The number of carbonyl (C=O) groups excluding carboxylic acids is 1. The van der Waals surface area contributed by atoms with Crippen LogP contribution in [-0.2, 0) is 0 Å². The highest BCUT2D eigenvalue weighted by atomic mass is 16.5. The van der Waals surface area contributed by atoms with E-state index in [1.807, 2.05) is 26.0 Å². The van der Waals surface area contributed by atoms with Gasteiger partial charge in [0.1, 0.15) is 12.4 Å². The lowest BCUT2D eigenvalue weighted by molar-refractivity contribution is 0.0999. The van der Waals surface area contributed by atoms with E-state index in [2.05, 4.69) is 0 Å². The van der Waals surface area contributed by atoms with Crippen LogP contribution in [0.5, 0.6) is 23.0 Å². The minimum Gasteiger partial charge on any atom is -0.502 e. The molecule has 0 radical (unpaired) electrons. The molecule has 2 aromatic carbocycles. The predicted octanol–water partition coefficient (Wildman–Crippen LogP) is 3.68. The number of aryl methyl sites for hydroxylation is 2. The van der Waals surface area contributed by atoms with Gasteiger partial charge in [0.15, 0.2) is 17.3 Å². The summed E-state index contributed by atoms with van der Waals surface area (Å²) in [6, 6.07) is 7.17. The number of phenols is 1. The molecule has 0 aliphatic carbocycles. The van der Waals surface area contributed by atoms with Gasteiger partial charge in [-0.25, -0.2) is 0 Å². The normalized spacial score (nSPS) is 14.9. The van der Waals surface area contributed by atoms with Crippen LogP contribution in [0.25, 0.3) is 6.08 Å². The molecule has 3 rings (SSSR count). The number of ketones is 1. The van der Waals surface area contributed by atoms with Crippen molar-refractivity contribution in [2.45, 2.75) is 13.8 Å². The lowest BCUT2D eigenvalue weighted by atomic mass is 9.93. The molecule has 0 saturated carbocycles. The number of rotatable bonds is 3. The standard InChI is InChI=1S/C20H20O5/c1-11-5-6-12(2)20-17(11)18(21)14(10-25-20)7-13-8-15(23-3)19(22)16(9-13)24-4/h5-9,22H,10H2,1-4H3/b14-7+. The van der Waals surface area contributed by atoms with Crippen molar-refractivity contribution in [3.05, 3.63) is 52.1 Å². The fourth-order valence-corrected chi connectivity index (χ4v) is 2.93. The number of benzene rings is 2. The van der Waals surface area contributed by atoms with Crippen LogP contribution in [0, 0.1) is 13.8 Å². The van der Waals surface area contributed by atoms with Crippen molar-refractivity contribution in [2.24, 2.45) is 0 Å². The average Bonchev–Trinajstić information content (AvgIpc) is 2.61. The van der Waals surface area contributed by atoms with Gasteiger partial charge in [-0.1, -0.05) is 12.1 Å². The number of methoxy groups -OCH3 is 2. The Balaban J connectivity index is 2.06. The number of hydrogen-bond acceptors (Lipinski definition) is 5. The largest absolute Gasteiger partial charge is 0.502 e. The van der Waals surface area contributed by atoms with Crippen LogP contribution in [0.2, 0.25) is 0 Å². The highest BCUT2D eigenvalue weighted by Gasteiger charge is 2.26. The van der Waals surface area contributed by atoms with Crippen LogP contribution in [0.3, 0.4) is 0 Å². The third-order valence-corrected chi connectivity index (χ3v) is 4.30. The topological polar surface area (TPSA) is 65.0 Å². The summed E-state index contributed by atoms with van der Waals surface area (Å²) in [5, 5.41) is 10.0. The second-order valence-electron chi connectivity index (χ2n) is 5.96. The van der Waals surface area contributed by atoms with Gasteiger partial charge < -0.3 is 19.3 Å². The van der Waals surface area contributed by atoms with Crippen molar-refractivity contribution >= 4 is 11.9 Å². The summed E-state index contributed by atoms with van der Waals surface area (Å²) in [6.07, 6.45) is 1.73. The molecule has 0 fully saturated rings. The number of Topliss-reactive ketones (excluding diaryl/α,β-unsaturated/α-hetero) is 1. The number of carbonyl (C=O) groups is 1. The molecular formula is C20H20O5.